The highest BCUT2D eigenvalue weighted by Crippen LogP contribution is 2.33. The maximum absolute atomic E-state index is 11.1. The van der Waals surface area contributed by atoms with Gasteiger partial charge in [0.25, 0.3) is 0 Å². The van der Waals surface area contributed by atoms with E-state index in [1.807, 2.05) is 13.0 Å². The zero-order chi connectivity index (χ0) is 13.8. The number of nitro groups is 1. The van der Waals surface area contributed by atoms with E-state index in [1.165, 1.54) is 6.33 Å². The number of nitrogens with zero attached hydrogens (tertiary/aromatic N) is 3. The summed E-state index contributed by atoms with van der Waals surface area (Å²) in [4.78, 5) is 18.1. The molecule has 2 aromatic rings. The van der Waals surface area contributed by atoms with Gasteiger partial charge < -0.3 is 10.1 Å². The third-order valence-corrected chi connectivity index (χ3v) is 2.41. The van der Waals surface area contributed by atoms with Crippen molar-refractivity contribution in [3.8, 4) is 11.6 Å². The van der Waals surface area contributed by atoms with Crippen LogP contribution in [0.5, 0.6) is 11.6 Å². The number of rotatable bonds is 4. The van der Waals surface area contributed by atoms with Crippen molar-refractivity contribution < 1.29 is 9.66 Å². The molecule has 0 saturated heterocycles. The first-order valence-electron chi connectivity index (χ1n) is 5.53. The van der Waals surface area contributed by atoms with E-state index in [0.29, 0.717) is 5.75 Å². The van der Waals surface area contributed by atoms with E-state index in [0.717, 1.165) is 5.56 Å². The van der Waals surface area contributed by atoms with Gasteiger partial charge in [-0.15, -0.1) is 0 Å². The molecule has 1 N–H and O–H groups in total. The number of anilines is 1. The maximum atomic E-state index is 11.1. The van der Waals surface area contributed by atoms with Gasteiger partial charge in [0.15, 0.2) is 0 Å². The minimum Gasteiger partial charge on any atom is -0.434 e. The molecule has 19 heavy (non-hydrogen) atoms. The summed E-state index contributed by atoms with van der Waals surface area (Å²) in [5.41, 5.74) is 0.703. The fourth-order valence-electron chi connectivity index (χ4n) is 1.58. The highest BCUT2D eigenvalue weighted by molar-refractivity contribution is 5.61. The summed E-state index contributed by atoms with van der Waals surface area (Å²) in [5, 5.41) is 13.7. The molecule has 0 saturated carbocycles. The third-order valence-electron chi connectivity index (χ3n) is 2.41. The van der Waals surface area contributed by atoms with Crippen LogP contribution in [0.4, 0.5) is 11.5 Å². The fraction of sp³-hybridized carbons (Fsp3) is 0.167. The Balaban J connectivity index is 2.42. The molecule has 0 aliphatic heterocycles. The molecule has 0 atom stereocenters. The predicted molar refractivity (Wildman–Crippen MR) is 69.5 cm³/mol. The Kier molecular flexibility index (Phi) is 3.56. The topological polar surface area (TPSA) is 90.2 Å². The molecule has 0 unspecified atom stereocenters. The second-order valence-corrected chi connectivity index (χ2v) is 3.80. The minimum absolute atomic E-state index is 0.0880. The number of nitrogens with one attached hydrogen (secondary N) is 1. The van der Waals surface area contributed by atoms with Crippen molar-refractivity contribution in [1.82, 2.24) is 9.97 Å². The molecule has 1 aromatic heterocycles. The van der Waals surface area contributed by atoms with E-state index in [4.69, 9.17) is 4.74 Å². The smallest absolute Gasteiger partial charge is 0.373 e. The monoisotopic (exact) mass is 260 g/mol. The van der Waals surface area contributed by atoms with Gasteiger partial charge in [-0.3, -0.25) is 10.1 Å². The van der Waals surface area contributed by atoms with Crippen LogP contribution in [0.1, 0.15) is 5.56 Å². The lowest BCUT2D eigenvalue weighted by Gasteiger charge is -2.07. The van der Waals surface area contributed by atoms with Crippen LogP contribution in [-0.4, -0.2) is 21.9 Å². The average Bonchev–Trinajstić information content (AvgIpc) is 2.38. The molecule has 0 spiro atoms. The molecule has 2 rings (SSSR count). The van der Waals surface area contributed by atoms with Crippen LogP contribution in [0.2, 0.25) is 0 Å². The van der Waals surface area contributed by atoms with Gasteiger partial charge >= 0.3 is 11.6 Å². The second-order valence-electron chi connectivity index (χ2n) is 3.80. The van der Waals surface area contributed by atoms with Crippen LogP contribution in [0.25, 0.3) is 0 Å². The summed E-state index contributed by atoms with van der Waals surface area (Å²) in [6, 6.07) is 7.18. The van der Waals surface area contributed by atoms with E-state index >= 15 is 0 Å². The van der Waals surface area contributed by atoms with E-state index in [1.54, 1.807) is 25.2 Å². The third kappa shape index (κ3) is 2.76. The van der Waals surface area contributed by atoms with Crippen LogP contribution in [0, 0.1) is 17.0 Å². The summed E-state index contributed by atoms with van der Waals surface area (Å²) in [5.74, 6) is 0.515. The quantitative estimate of drug-likeness (QED) is 0.671. The predicted octanol–water partition coefficient (Wildman–Crippen LogP) is 2.53. The molecule has 98 valence electrons. The molecular formula is C12H12N4O3. The first-order valence-corrected chi connectivity index (χ1v) is 5.53. The van der Waals surface area contributed by atoms with Crippen molar-refractivity contribution in [3.05, 3.63) is 46.3 Å². The van der Waals surface area contributed by atoms with Gasteiger partial charge in [0.2, 0.25) is 5.82 Å². The Morgan fingerprint density at radius 2 is 2.16 bits per heavy atom. The van der Waals surface area contributed by atoms with Crippen LogP contribution < -0.4 is 10.1 Å². The van der Waals surface area contributed by atoms with E-state index in [-0.39, 0.29) is 17.4 Å². The lowest BCUT2D eigenvalue weighted by atomic mass is 10.2. The van der Waals surface area contributed by atoms with Crippen LogP contribution in [0.3, 0.4) is 0 Å². The normalized spacial score (nSPS) is 10.0. The maximum Gasteiger partial charge on any atom is 0.373 e. The summed E-state index contributed by atoms with van der Waals surface area (Å²) < 4.78 is 5.46. The van der Waals surface area contributed by atoms with Crippen LogP contribution >= 0.6 is 0 Å². The van der Waals surface area contributed by atoms with Gasteiger partial charge in [-0.2, -0.15) is 4.98 Å². The molecule has 1 aromatic carbocycles. The van der Waals surface area contributed by atoms with Crippen molar-refractivity contribution in [2.75, 3.05) is 12.4 Å². The SMILES string of the molecule is CNc1ncnc(Oc2cccc(C)c2)c1[N+](=O)[O-]. The van der Waals surface area contributed by atoms with Crippen molar-refractivity contribution in [3.63, 3.8) is 0 Å². The summed E-state index contributed by atoms with van der Waals surface area (Å²) in [6.07, 6.45) is 1.21. The molecule has 0 bridgehead atoms. The summed E-state index contributed by atoms with van der Waals surface area (Å²) >= 11 is 0. The summed E-state index contributed by atoms with van der Waals surface area (Å²) in [7, 11) is 1.55. The number of benzene rings is 1. The van der Waals surface area contributed by atoms with Crippen molar-refractivity contribution in [1.29, 1.82) is 0 Å². The lowest BCUT2D eigenvalue weighted by Crippen LogP contribution is -2.03. The van der Waals surface area contributed by atoms with Crippen LogP contribution in [-0.2, 0) is 0 Å². The standard InChI is InChI=1S/C12H12N4O3/c1-8-4-3-5-9(6-8)19-12-10(16(17)18)11(13-2)14-7-15-12/h3-7H,1-2H3,(H,13,14,15). The Morgan fingerprint density at radius 3 is 2.79 bits per heavy atom. The zero-order valence-electron chi connectivity index (χ0n) is 10.5. The first kappa shape index (κ1) is 12.7. The number of hydrogen-bond donors (Lipinski definition) is 1. The van der Waals surface area contributed by atoms with E-state index in [2.05, 4.69) is 15.3 Å². The Morgan fingerprint density at radius 1 is 1.37 bits per heavy atom. The molecule has 0 radical (unpaired) electrons. The molecular weight excluding hydrogens is 248 g/mol. The van der Waals surface area contributed by atoms with E-state index < -0.39 is 4.92 Å². The van der Waals surface area contributed by atoms with Gasteiger partial charge in [-0.05, 0) is 24.6 Å². The first-order chi connectivity index (χ1) is 9.11. The van der Waals surface area contributed by atoms with E-state index in [9.17, 15) is 10.1 Å². The number of aryl methyl sites for hydroxylation is 1. The average molecular weight is 260 g/mol. The van der Waals surface area contributed by atoms with Gasteiger partial charge in [-0.25, -0.2) is 4.98 Å². The number of hydrogen-bond acceptors (Lipinski definition) is 6. The molecule has 0 aliphatic rings. The highest BCUT2D eigenvalue weighted by Gasteiger charge is 2.24. The van der Waals surface area contributed by atoms with Crippen molar-refractivity contribution in [2.24, 2.45) is 0 Å². The Labute approximate surface area is 109 Å². The van der Waals surface area contributed by atoms with Crippen molar-refractivity contribution in [2.45, 2.75) is 6.92 Å². The van der Waals surface area contributed by atoms with Gasteiger partial charge in [-0.1, -0.05) is 12.1 Å². The lowest BCUT2D eigenvalue weighted by molar-refractivity contribution is -0.385. The summed E-state index contributed by atoms with van der Waals surface area (Å²) in [6.45, 7) is 1.90. The second kappa shape index (κ2) is 5.30. The molecule has 0 aliphatic carbocycles. The Hall–Kier alpha value is -2.70. The zero-order valence-corrected chi connectivity index (χ0v) is 10.5. The van der Waals surface area contributed by atoms with Gasteiger partial charge in [0, 0.05) is 7.05 Å². The molecule has 0 amide bonds. The van der Waals surface area contributed by atoms with Gasteiger partial charge in [0.1, 0.15) is 12.1 Å². The molecule has 7 nitrogen and oxygen atoms in total. The van der Waals surface area contributed by atoms with Crippen molar-refractivity contribution >= 4 is 11.5 Å². The number of ether oxygens (including phenoxy) is 1. The number of aromatic nitrogens is 2. The molecule has 1 heterocycles. The largest absolute Gasteiger partial charge is 0.434 e. The van der Waals surface area contributed by atoms with Gasteiger partial charge in [0.05, 0.1) is 4.92 Å². The Bertz CT molecular complexity index is 616. The van der Waals surface area contributed by atoms with Crippen LogP contribution in [0.15, 0.2) is 30.6 Å². The minimum atomic E-state index is -0.572. The molecule has 0 fully saturated rings. The molecule has 7 heteroatoms. The fourth-order valence-corrected chi connectivity index (χ4v) is 1.58. The highest BCUT2D eigenvalue weighted by atomic mass is 16.6.